The van der Waals surface area contributed by atoms with Gasteiger partial charge in [-0.15, -0.1) is 11.3 Å². The molecule has 0 aliphatic rings. The van der Waals surface area contributed by atoms with Gasteiger partial charge in [0.15, 0.2) is 5.82 Å². The van der Waals surface area contributed by atoms with Crippen molar-refractivity contribution in [1.29, 1.82) is 0 Å². The van der Waals surface area contributed by atoms with Gasteiger partial charge in [0.25, 0.3) is 0 Å². The van der Waals surface area contributed by atoms with Gasteiger partial charge in [-0.25, -0.2) is 15.0 Å². The third-order valence-corrected chi connectivity index (χ3v) is 4.11. The van der Waals surface area contributed by atoms with Gasteiger partial charge in [-0.05, 0) is 32.0 Å². The number of nitrogen functional groups attached to an aromatic ring is 1. The van der Waals surface area contributed by atoms with Gasteiger partial charge in [-0.1, -0.05) is 0 Å². The zero-order valence-electron chi connectivity index (χ0n) is 11.5. The molecule has 0 aliphatic carbocycles. The average molecular weight is 286 g/mol. The van der Waals surface area contributed by atoms with E-state index in [1.165, 1.54) is 0 Å². The minimum atomic E-state index is 0.453. The molecular weight excluding hydrogens is 272 g/mol. The summed E-state index contributed by atoms with van der Waals surface area (Å²) in [5.74, 6) is 1.82. The molecular formula is C14H14N4OS. The Morgan fingerprint density at radius 1 is 1.15 bits per heavy atom. The van der Waals surface area contributed by atoms with Crippen LogP contribution in [0.25, 0.3) is 21.6 Å². The molecule has 3 rings (SSSR count). The van der Waals surface area contributed by atoms with E-state index in [0.717, 1.165) is 32.2 Å². The van der Waals surface area contributed by atoms with Gasteiger partial charge in [0.1, 0.15) is 11.6 Å². The van der Waals surface area contributed by atoms with E-state index in [0.29, 0.717) is 11.6 Å². The summed E-state index contributed by atoms with van der Waals surface area (Å²) in [5.41, 5.74) is 7.79. The Morgan fingerprint density at radius 2 is 1.95 bits per heavy atom. The predicted molar refractivity (Wildman–Crippen MR) is 81.1 cm³/mol. The molecule has 0 amide bonds. The fourth-order valence-electron chi connectivity index (χ4n) is 2.10. The number of aromatic nitrogens is 3. The summed E-state index contributed by atoms with van der Waals surface area (Å²) in [6.45, 7) is 3.92. The number of nitrogens with zero attached hydrogens (tertiary/aromatic N) is 3. The average Bonchev–Trinajstić information content (AvgIpc) is 2.77. The lowest BCUT2D eigenvalue weighted by Crippen LogP contribution is -1.98. The minimum absolute atomic E-state index is 0.453. The molecule has 20 heavy (non-hydrogen) atoms. The van der Waals surface area contributed by atoms with Gasteiger partial charge >= 0.3 is 0 Å². The number of hydrogen-bond donors (Lipinski definition) is 1. The van der Waals surface area contributed by atoms with Crippen molar-refractivity contribution in [3.63, 3.8) is 0 Å². The first-order valence-electron chi connectivity index (χ1n) is 6.14. The van der Waals surface area contributed by atoms with Gasteiger partial charge in [0.2, 0.25) is 0 Å². The Bertz CT molecular complexity index is 797. The summed E-state index contributed by atoms with van der Waals surface area (Å²) in [4.78, 5) is 14.3. The number of thiazole rings is 1. The van der Waals surface area contributed by atoms with Crippen LogP contribution in [0.2, 0.25) is 0 Å². The summed E-state index contributed by atoms with van der Waals surface area (Å²) in [6, 6.07) is 5.60. The first kappa shape index (κ1) is 12.8. The Labute approximate surface area is 120 Å². The first-order valence-corrected chi connectivity index (χ1v) is 6.96. The highest BCUT2D eigenvalue weighted by molar-refractivity contribution is 7.15. The van der Waals surface area contributed by atoms with Crippen LogP contribution < -0.4 is 10.5 Å². The van der Waals surface area contributed by atoms with Crippen molar-refractivity contribution in [3.05, 3.63) is 28.9 Å². The molecule has 0 spiro atoms. The van der Waals surface area contributed by atoms with E-state index < -0.39 is 0 Å². The third-order valence-electron chi connectivity index (χ3n) is 3.04. The van der Waals surface area contributed by atoms with E-state index >= 15 is 0 Å². The first-order chi connectivity index (χ1) is 9.58. The molecule has 0 fully saturated rings. The third kappa shape index (κ3) is 2.08. The van der Waals surface area contributed by atoms with Crippen LogP contribution in [0.4, 0.5) is 5.82 Å². The van der Waals surface area contributed by atoms with Gasteiger partial charge < -0.3 is 10.5 Å². The van der Waals surface area contributed by atoms with Crippen molar-refractivity contribution in [2.75, 3.05) is 12.8 Å². The quantitative estimate of drug-likeness (QED) is 0.784. The largest absolute Gasteiger partial charge is 0.497 e. The summed E-state index contributed by atoms with van der Waals surface area (Å²) in [6.07, 6.45) is 0. The second-order valence-corrected chi connectivity index (χ2v) is 5.67. The minimum Gasteiger partial charge on any atom is -0.497 e. The smallest absolute Gasteiger partial charge is 0.174 e. The van der Waals surface area contributed by atoms with E-state index in [1.54, 1.807) is 18.4 Å². The molecule has 0 unspecified atom stereocenters. The molecule has 0 atom stereocenters. The van der Waals surface area contributed by atoms with Crippen molar-refractivity contribution in [3.8, 4) is 16.5 Å². The zero-order chi connectivity index (χ0) is 14.3. The van der Waals surface area contributed by atoms with E-state index in [4.69, 9.17) is 10.5 Å². The lowest BCUT2D eigenvalue weighted by Gasteiger charge is -2.06. The topological polar surface area (TPSA) is 73.9 Å². The highest BCUT2D eigenvalue weighted by Crippen LogP contribution is 2.30. The number of fused-ring (bicyclic) bond motifs is 1. The summed E-state index contributed by atoms with van der Waals surface area (Å²) >= 11 is 1.58. The number of aryl methyl sites for hydroxylation is 2. The Balaban J connectivity index is 2.22. The van der Waals surface area contributed by atoms with Crippen LogP contribution in [0.1, 0.15) is 10.7 Å². The molecule has 0 aliphatic heterocycles. The number of hydrogen-bond acceptors (Lipinski definition) is 6. The maximum Gasteiger partial charge on any atom is 0.174 e. The molecule has 3 aromatic rings. The second kappa shape index (κ2) is 4.72. The monoisotopic (exact) mass is 286 g/mol. The Morgan fingerprint density at radius 3 is 2.60 bits per heavy atom. The molecule has 102 valence electrons. The summed E-state index contributed by atoms with van der Waals surface area (Å²) in [7, 11) is 1.62. The predicted octanol–water partition coefficient (Wildman–Crippen LogP) is 2.96. The maximum atomic E-state index is 6.05. The maximum absolute atomic E-state index is 6.05. The Kier molecular flexibility index (Phi) is 3.02. The molecule has 2 N–H and O–H groups in total. The number of methoxy groups -OCH3 is 1. The normalized spacial score (nSPS) is 10.9. The molecule has 0 radical (unpaired) electrons. The number of anilines is 1. The molecule has 2 aromatic heterocycles. The zero-order valence-corrected chi connectivity index (χ0v) is 12.3. The highest BCUT2D eigenvalue weighted by atomic mass is 32.1. The Hall–Kier alpha value is -2.21. The van der Waals surface area contributed by atoms with Gasteiger partial charge in [0.05, 0.1) is 28.2 Å². The van der Waals surface area contributed by atoms with E-state index in [1.807, 2.05) is 32.0 Å². The van der Waals surface area contributed by atoms with Crippen molar-refractivity contribution >= 4 is 28.1 Å². The SMILES string of the molecule is COc1ccc2nc(-c3sc(C)nc3C)nc(N)c2c1. The van der Waals surface area contributed by atoms with Crippen molar-refractivity contribution in [2.45, 2.75) is 13.8 Å². The van der Waals surface area contributed by atoms with Crippen LogP contribution in [0.15, 0.2) is 18.2 Å². The van der Waals surface area contributed by atoms with Crippen LogP contribution >= 0.6 is 11.3 Å². The van der Waals surface area contributed by atoms with Crippen LogP contribution in [0, 0.1) is 13.8 Å². The highest BCUT2D eigenvalue weighted by Gasteiger charge is 2.13. The summed E-state index contributed by atoms with van der Waals surface area (Å²) in [5, 5.41) is 1.79. The molecule has 6 heteroatoms. The molecule has 1 aromatic carbocycles. The lowest BCUT2D eigenvalue weighted by atomic mass is 10.2. The summed E-state index contributed by atoms with van der Waals surface area (Å²) < 4.78 is 5.20. The van der Waals surface area contributed by atoms with Gasteiger partial charge in [-0.3, -0.25) is 0 Å². The fourth-order valence-corrected chi connectivity index (χ4v) is 2.95. The number of ether oxygens (including phenoxy) is 1. The standard InChI is InChI=1S/C14H14N4OS/c1-7-12(20-8(2)16-7)14-17-11-5-4-9(19-3)6-10(11)13(15)18-14/h4-6H,1-3H3,(H2,15,17,18). The van der Waals surface area contributed by atoms with Gasteiger partial charge in [0, 0.05) is 5.39 Å². The van der Waals surface area contributed by atoms with Crippen LogP contribution in [-0.2, 0) is 0 Å². The van der Waals surface area contributed by atoms with Crippen molar-refractivity contribution in [1.82, 2.24) is 15.0 Å². The molecule has 0 saturated heterocycles. The number of nitrogens with two attached hydrogens (primary N) is 1. The molecule has 0 bridgehead atoms. The van der Waals surface area contributed by atoms with Crippen LogP contribution in [0.5, 0.6) is 5.75 Å². The van der Waals surface area contributed by atoms with Crippen molar-refractivity contribution in [2.24, 2.45) is 0 Å². The molecule has 0 saturated carbocycles. The van der Waals surface area contributed by atoms with E-state index in [2.05, 4.69) is 15.0 Å². The fraction of sp³-hybridized carbons (Fsp3) is 0.214. The lowest BCUT2D eigenvalue weighted by molar-refractivity contribution is 0.415. The number of rotatable bonds is 2. The van der Waals surface area contributed by atoms with E-state index in [-0.39, 0.29) is 0 Å². The van der Waals surface area contributed by atoms with E-state index in [9.17, 15) is 0 Å². The van der Waals surface area contributed by atoms with Gasteiger partial charge in [-0.2, -0.15) is 0 Å². The molecule has 5 nitrogen and oxygen atoms in total. The van der Waals surface area contributed by atoms with Crippen molar-refractivity contribution < 1.29 is 4.74 Å². The van der Waals surface area contributed by atoms with Crippen LogP contribution in [0.3, 0.4) is 0 Å². The number of benzene rings is 1. The molecule has 2 heterocycles. The van der Waals surface area contributed by atoms with Crippen LogP contribution in [-0.4, -0.2) is 22.1 Å². The second-order valence-electron chi connectivity index (χ2n) is 4.46.